The molecule has 0 spiro atoms. The molecule has 1 aromatic carbocycles. The van der Waals surface area contributed by atoms with Crippen LogP contribution in [0.15, 0.2) is 29.3 Å². The van der Waals surface area contributed by atoms with Crippen molar-refractivity contribution in [2.75, 3.05) is 54.1 Å². The highest BCUT2D eigenvalue weighted by atomic mass is 16.5. The molecule has 0 aliphatic heterocycles. The van der Waals surface area contributed by atoms with Crippen LogP contribution >= 0.6 is 0 Å². The molecule has 0 aromatic heterocycles. The van der Waals surface area contributed by atoms with Crippen LogP contribution in [0.2, 0.25) is 0 Å². The third-order valence-electron chi connectivity index (χ3n) is 4.44. The van der Waals surface area contributed by atoms with Crippen LogP contribution in [0.5, 0.6) is 5.75 Å². The third-order valence-corrected chi connectivity index (χ3v) is 4.44. The Labute approximate surface area is 151 Å². The Morgan fingerprint density at radius 3 is 2.60 bits per heavy atom. The quantitative estimate of drug-likeness (QED) is 0.469. The van der Waals surface area contributed by atoms with Gasteiger partial charge in [-0.15, -0.1) is 0 Å². The van der Waals surface area contributed by atoms with Gasteiger partial charge in [0.1, 0.15) is 5.75 Å². The van der Waals surface area contributed by atoms with E-state index in [-0.39, 0.29) is 0 Å². The van der Waals surface area contributed by atoms with Crippen molar-refractivity contribution < 1.29 is 9.47 Å². The van der Waals surface area contributed by atoms with E-state index in [1.165, 1.54) is 18.4 Å². The van der Waals surface area contributed by atoms with E-state index in [2.05, 4.69) is 26.6 Å². The topological polar surface area (TPSA) is 58.1 Å². The van der Waals surface area contributed by atoms with E-state index in [1.807, 2.05) is 25.2 Å². The second-order valence-electron chi connectivity index (χ2n) is 6.25. The molecule has 0 unspecified atom stereocenters. The number of guanidine groups is 1. The molecule has 25 heavy (non-hydrogen) atoms. The lowest BCUT2D eigenvalue weighted by Crippen LogP contribution is -2.43. The zero-order valence-electron chi connectivity index (χ0n) is 15.8. The summed E-state index contributed by atoms with van der Waals surface area (Å²) < 4.78 is 10.6. The lowest BCUT2D eigenvalue weighted by molar-refractivity contribution is 0.144. The minimum Gasteiger partial charge on any atom is -0.496 e. The highest BCUT2D eigenvalue weighted by molar-refractivity contribution is 5.79. The number of hydrogen-bond donors (Lipinski definition) is 2. The van der Waals surface area contributed by atoms with E-state index in [4.69, 9.17) is 9.47 Å². The maximum Gasteiger partial charge on any atom is 0.191 e. The summed E-state index contributed by atoms with van der Waals surface area (Å²) in [6, 6.07) is 8.87. The number of hydrogen-bond acceptors (Lipinski definition) is 4. The first kappa shape index (κ1) is 19.5. The Morgan fingerprint density at radius 2 is 1.92 bits per heavy atom. The van der Waals surface area contributed by atoms with Crippen molar-refractivity contribution in [1.82, 2.24) is 15.5 Å². The molecule has 1 fully saturated rings. The number of nitrogens with zero attached hydrogens (tertiary/aromatic N) is 2. The summed E-state index contributed by atoms with van der Waals surface area (Å²) in [6.07, 6.45) is 3.53. The lowest BCUT2D eigenvalue weighted by atomic mass is 10.1. The molecule has 0 atom stereocenters. The first-order valence-corrected chi connectivity index (χ1v) is 9.08. The summed E-state index contributed by atoms with van der Waals surface area (Å²) in [7, 11) is 5.28. The summed E-state index contributed by atoms with van der Waals surface area (Å²) >= 11 is 0. The molecule has 2 N–H and O–H groups in total. The molecule has 0 saturated heterocycles. The Kier molecular flexibility index (Phi) is 8.55. The predicted octanol–water partition coefficient (Wildman–Crippen LogP) is 1.51. The van der Waals surface area contributed by atoms with E-state index in [0.717, 1.165) is 57.0 Å². The van der Waals surface area contributed by atoms with Gasteiger partial charge in [0.2, 0.25) is 0 Å². The molecule has 2 rings (SSSR count). The van der Waals surface area contributed by atoms with Crippen LogP contribution in [0.4, 0.5) is 0 Å². The number of nitrogens with one attached hydrogen (secondary N) is 2. The van der Waals surface area contributed by atoms with Crippen LogP contribution in [0.3, 0.4) is 0 Å². The molecule has 0 amide bonds. The summed E-state index contributed by atoms with van der Waals surface area (Å²) in [4.78, 5) is 6.80. The van der Waals surface area contributed by atoms with Gasteiger partial charge < -0.3 is 20.1 Å². The fraction of sp³-hybridized carbons (Fsp3) is 0.632. The number of rotatable bonds is 11. The molecule has 0 heterocycles. The number of para-hydroxylation sites is 1. The SMILES string of the molecule is CN=C(NCCc1ccccc1OC)NCCN(CCOC)C1CC1. The molecular weight excluding hydrogens is 316 g/mol. The predicted molar refractivity (Wildman–Crippen MR) is 103 cm³/mol. The second kappa shape index (κ2) is 10.9. The van der Waals surface area contributed by atoms with Crippen LogP contribution in [-0.4, -0.2) is 71.0 Å². The summed E-state index contributed by atoms with van der Waals surface area (Å²) in [5.41, 5.74) is 1.20. The third kappa shape index (κ3) is 6.92. The van der Waals surface area contributed by atoms with Crippen molar-refractivity contribution in [1.29, 1.82) is 0 Å². The summed E-state index contributed by atoms with van der Waals surface area (Å²) in [5.74, 6) is 1.78. The smallest absolute Gasteiger partial charge is 0.191 e. The molecule has 6 heteroatoms. The molecule has 1 aliphatic carbocycles. The van der Waals surface area contributed by atoms with Gasteiger partial charge in [-0.3, -0.25) is 9.89 Å². The van der Waals surface area contributed by atoms with E-state index in [9.17, 15) is 0 Å². The number of benzene rings is 1. The summed E-state index contributed by atoms with van der Waals surface area (Å²) in [5, 5.41) is 6.77. The first-order valence-electron chi connectivity index (χ1n) is 9.08. The molecular formula is C19H32N4O2. The molecule has 6 nitrogen and oxygen atoms in total. The highest BCUT2D eigenvalue weighted by Gasteiger charge is 2.28. The van der Waals surface area contributed by atoms with Crippen LogP contribution in [0, 0.1) is 0 Å². The number of methoxy groups -OCH3 is 2. The molecule has 1 saturated carbocycles. The van der Waals surface area contributed by atoms with Gasteiger partial charge in [-0.05, 0) is 30.9 Å². The maximum absolute atomic E-state index is 5.39. The maximum atomic E-state index is 5.39. The standard InChI is InChI=1S/C19H32N4O2/c1-20-19(21-11-10-16-6-4-5-7-18(16)25-3)22-12-13-23(14-15-24-2)17-8-9-17/h4-7,17H,8-15H2,1-3H3,(H2,20,21,22). The minimum atomic E-state index is 0.748. The normalized spacial score (nSPS) is 14.6. The van der Waals surface area contributed by atoms with Crippen LogP contribution < -0.4 is 15.4 Å². The molecule has 1 aliphatic rings. The minimum absolute atomic E-state index is 0.748. The van der Waals surface area contributed by atoms with Crippen molar-refractivity contribution >= 4 is 5.96 Å². The molecule has 140 valence electrons. The largest absolute Gasteiger partial charge is 0.496 e. The number of ether oxygens (including phenoxy) is 2. The van der Waals surface area contributed by atoms with Gasteiger partial charge in [-0.2, -0.15) is 0 Å². The van der Waals surface area contributed by atoms with E-state index in [0.29, 0.717) is 0 Å². The van der Waals surface area contributed by atoms with Gasteiger partial charge >= 0.3 is 0 Å². The fourth-order valence-corrected chi connectivity index (χ4v) is 2.89. The van der Waals surface area contributed by atoms with Gasteiger partial charge in [0.05, 0.1) is 13.7 Å². The van der Waals surface area contributed by atoms with Crippen molar-refractivity contribution in [3.63, 3.8) is 0 Å². The fourth-order valence-electron chi connectivity index (χ4n) is 2.89. The Bertz CT molecular complexity index is 532. The summed E-state index contributed by atoms with van der Waals surface area (Å²) in [6.45, 7) is 4.51. The van der Waals surface area contributed by atoms with E-state index in [1.54, 1.807) is 14.2 Å². The second-order valence-corrected chi connectivity index (χ2v) is 6.25. The molecule has 1 aromatic rings. The highest BCUT2D eigenvalue weighted by Crippen LogP contribution is 2.25. The Hall–Kier alpha value is -1.79. The van der Waals surface area contributed by atoms with Gasteiger partial charge in [0.25, 0.3) is 0 Å². The average molecular weight is 348 g/mol. The molecule has 0 radical (unpaired) electrons. The van der Waals surface area contributed by atoms with Crippen LogP contribution in [0.1, 0.15) is 18.4 Å². The van der Waals surface area contributed by atoms with Crippen molar-refractivity contribution in [2.24, 2.45) is 4.99 Å². The van der Waals surface area contributed by atoms with E-state index >= 15 is 0 Å². The lowest BCUT2D eigenvalue weighted by Gasteiger charge is -2.22. The van der Waals surface area contributed by atoms with Crippen molar-refractivity contribution in [3.8, 4) is 5.75 Å². The van der Waals surface area contributed by atoms with Gasteiger partial charge in [0.15, 0.2) is 5.96 Å². The molecule has 0 bridgehead atoms. The van der Waals surface area contributed by atoms with Crippen LogP contribution in [-0.2, 0) is 11.2 Å². The van der Waals surface area contributed by atoms with Gasteiger partial charge in [-0.25, -0.2) is 0 Å². The Balaban J connectivity index is 1.68. The average Bonchev–Trinajstić information content (AvgIpc) is 3.48. The van der Waals surface area contributed by atoms with Crippen molar-refractivity contribution in [2.45, 2.75) is 25.3 Å². The zero-order valence-corrected chi connectivity index (χ0v) is 15.8. The van der Waals surface area contributed by atoms with Gasteiger partial charge in [0, 0.05) is 46.4 Å². The van der Waals surface area contributed by atoms with E-state index < -0.39 is 0 Å². The monoisotopic (exact) mass is 348 g/mol. The zero-order chi connectivity index (χ0) is 17.9. The first-order chi connectivity index (χ1) is 12.3. The Morgan fingerprint density at radius 1 is 1.16 bits per heavy atom. The van der Waals surface area contributed by atoms with Crippen LogP contribution in [0.25, 0.3) is 0 Å². The van der Waals surface area contributed by atoms with Crippen molar-refractivity contribution in [3.05, 3.63) is 29.8 Å². The van der Waals surface area contributed by atoms with Gasteiger partial charge in [-0.1, -0.05) is 18.2 Å². The number of aliphatic imine (C=N–C) groups is 1.